The van der Waals surface area contributed by atoms with Crippen LogP contribution < -0.4 is 9.47 Å². The van der Waals surface area contributed by atoms with Crippen LogP contribution >= 0.6 is 0 Å². The number of rotatable bonds is 4. The SMILES string of the molecule is CCC(C)Oc1ccc(C#N)cc1OC. The van der Waals surface area contributed by atoms with Gasteiger partial charge in [0.1, 0.15) is 0 Å². The molecular formula is C12H15NO2. The van der Waals surface area contributed by atoms with Gasteiger partial charge in [0.05, 0.1) is 24.8 Å². The maximum absolute atomic E-state index is 8.73. The van der Waals surface area contributed by atoms with Gasteiger partial charge in [-0.05, 0) is 25.5 Å². The lowest BCUT2D eigenvalue weighted by atomic mass is 10.2. The van der Waals surface area contributed by atoms with E-state index in [1.807, 2.05) is 6.92 Å². The first-order valence-electron chi connectivity index (χ1n) is 4.96. The minimum Gasteiger partial charge on any atom is -0.493 e. The van der Waals surface area contributed by atoms with Crippen LogP contribution in [0.4, 0.5) is 0 Å². The number of ether oxygens (including phenoxy) is 2. The molecule has 0 amide bonds. The number of nitrogens with zero attached hydrogens (tertiary/aromatic N) is 1. The summed E-state index contributed by atoms with van der Waals surface area (Å²) in [6.45, 7) is 4.05. The highest BCUT2D eigenvalue weighted by molar-refractivity contribution is 5.46. The van der Waals surface area contributed by atoms with Crippen molar-refractivity contribution in [2.45, 2.75) is 26.4 Å². The topological polar surface area (TPSA) is 42.2 Å². The van der Waals surface area contributed by atoms with E-state index in [9.17, 15) is 0 Å². The summed E-state index contributed by atoms with van der Waals surface area (Å²) in [6.07, 6.45) is 1.08. The summed E-state index contributed by atoms with van der Waals surface area (Å²) in [4.78, 5) is 0. The summed E-state index contributed by atoms with van der Waals surface area (Å²) in [6, 6.07) is 7.23. The second-order valence-corrected chi connectivity index (χ2v) is 3.31. The van der Waals surface area contributed by atoms with Crippen LogP contribution in [0.15, 0.2) is 18.2 Å². The second-order valence-electron chi connectivity index (χ2n) is 3.31. The number of hydrogen-bond donors (Lipinski definition) is 0. The monoisotopic (exact) mass is 205 g/mol. The van der Waals surface area contributed by atoms with Gasteiger partial charge in [-0.3, -0.25) is 0 Å². The van der Waals surface area contributed by atoms with Gasteiger partial charge in [0.25, 0.3) is 0 Å². The van der Waals surface area contributed by atoms with E-state index < -0.39 is 0 Å². The number of nitriles is 1. The molecule has 0 bridgehead atoms. The van der Waals surface area contributed by atoms with Crippen molar-refractivity contribution in [3.8, 4) is 17.6 Å². The van der Waals surface area contributed by atoms with Gasteiger partial charge in [-0.15, -0.1) is 0 Å². The van der Waals surface area contributed by atoms with Crippen molar-refractivity contribution in [3.63, 3.8) is 0 Å². The first kappa shape index (κ1) is 11.4. The average molecular weight is 205 g/mol. The van der Waals surface area contributed by atoms with E-state index in [4.69, 9.17) is 14.7 Å². The van der Waals surface area contributed by atoms with Crippen LogP contribution in [-0.4, -0.2) is 13.2 Å². The molecule has 0 saturated heterocycles. The standard InChI is InChI=1S/C12H15NO2/c1-4-9(2)15-11-6-5-10(8-13)7-12(11)14-3/h5-7,9H,4H2,1-3H3. The summed E-state index contributed by atoms with van der Waals surface area (Å²) in [5.74, 6) is 1.29. The molecule has 0 radical (unpaired) electrons. The number of methoxy groups -OCH3 is 1. The molecule has 0 aliphatic rings. The quantitative estimate of drug-likeness (QED) is 0.759. The summed E-state index contributed by atoms with van der Waals surface area (Å²) in [5.41, 5.74) is 0.573. The van der Waals surface area contributed by atoms with E-state index in [1.165, 1.54) is 0 Å². The number of hydrogen-bond acceptors (Lipinski definition) is 3. The maximum Gasteiger partial charge on any atom is 0.162 e. The third kappa shape index (κ3) is 2.88. The fourth-order valence-electron chi connectivity index (χ4n) is 1.13. The van der Waals surface area contributed by atoms with Crippen LogP contribution in [0.5, 0.6) is 11.5 Å². The predicted octanol–water partition coefficient (Wildman–Crippen LogP) is 2.74. The van der Waals surface area contributed by atoms with Crippen molar-refractivity contribution in [2.24, 2.45) is 0 Å². The molecule has 0 fully saturated rings. The molecule has 0 aliphatic carbocycles. The van der Waals surface area contributed by atoms with Gasteiger partial charge in [-0.2, -0.15) is 5.26 Å². The molecular weight excluding hydrogens is 190 g/mol. The normalized spacial score (nSPS) is 11.6. The van der Waals surface area contributed by atoms with Crippen molar-refractivity contribution in [3.05, 3.63) is 23.8 Å². The highest BCUT2D eigenvalue weighted by Crippen LogP contribution is 2.28. The lowest BCUT2D eigenvalue weighted by Crippen LogP contribution is -2.10. The van der Waals surface area contributed by atoms with Crippen molar-refractivity contribution in [1.82, 2.24) is 0 Å². The van der Waals surface area contributed by atoms with Gasteiger partial charge in [0.15, 0.2) is 11.5 Å². The van der Waals surface area contributed by atoms with E-state index in [0.717, 1.165) is 6.42 Å². The van der Waals surface area contributed by atoms with Gasteiger partial charge in [0.2, 0.25) is 0 Å². The smallest absolute Gasteiger partial charge is 0.162 e. The van der Waals surface area contributed by atoms with Crippen molar-refractivity contribution in [1.29, 1.82) is 5.26 Å². The minimum absolute atomic E-state index is 0.145. The Labute approximate surface area is 90.2 Å². The molecule has 1 rings (SSSR count). The zero-order valence-corrected chi connectivity index (χ0v) is 9.28. The molecule has 0 N–H and O–H groups in total. The molecule has 0 aromatic heterocycles. The van der Waals surface area contributed by atoms with E-state index in [-0.39, 0.29) is 6.10 Å². The summed E-state index contributed by atoms with van der Waals surface area (Å²) >= 11 is 0. The maximum atomic E-state index is 8.73. The fraction of sp³-hybridized carbons (Fsp3) is 0.417. The average Bonchev–Trinajstić information content (AvgIpc) is 2.29. The van der Waals surface area contributed by atoms with Crippen molar-refractivity contribution in [2.75, 3.05) is 7.11 Å². The van der Waals surface area contributed by atoms with E-state index in [1.54, 1.807) is 25.3 Å². The second kappa shape index (κ2) is 5.26. The van der Waals surface area contributed by atoms with E-state index in [0.29, 0.717) is 17.1 Å². The highest BCUT2D eigenvalue weighted by atomic mass is 16.5. The Morgan fingerprint density at radius 3 is 2.67 bits per heavy atom. The summed E-state index contributed by atoms with van der Waals surface area (Å²) in [5, 5.41) is 8.73. The van der Waals surface area contributed by atoms with Crippen molar-refractivity contribution >= 4 is 0 Å². The van der Waals surface area contributed by atoms with Crippen LogP contribution in [0, 0.1) is 11.3 Å². The third-order valence-electron chi connectivity index (χ3n) is 2.20. The fourth-order valence-corrected chi connectivity index (χ4v) is 1.13. The largest absolute Gasteiger partial charge is 0.493 e. The van der Waals surface area contributed by atoms with Gasteiger partial charge in [0, 0.05) is 6.07 Å². The molecule has 1 atom stereocenters. The van der Waals surface area contributed by atoms with Crippen LogP contribution in [0.2, 0.25) is 0 Å². The zero-order valence-electron chi connectivity index (χ0n) is 9.28. The Bertz CT molecular complexity index is 368. The first-order valence-corrected chi connectivity index (χ1v) is 4.96. The van der Waals surface area contributed by atoms with Crippen LogP contribution in [0.3, 0.4) is 0 Å². The van der Waals surface area contributed by atoms with E-state index in [2.05, 4.69) is 13.0 Å². The molecule has 0 heterocycles. The first-order chi connectivity index (χ1) is 7.21. The zero-order chi connectivity index (χ0) is 11.3. The molecule has 3 heteroatoms. The molecule has 1 unspecified atom stereocenters. The Hall–Kier alpha value is -1.69. The molecule has 1 aromatic rings. The summed E-state index contributed by atoms with van der Waals surface area (Å²) < 4.78 is 10.8. The third-order valence-corrected chi connectivity index (χ3v) is 2.20. The molecule has 0 saturated carbocycles. The molecule has 3 nitrogen and oxygen atoms in total. The minimum atomic E-state index is 0.145. The van der Waals surface area contributed by atoms with Crippen LogP contribution in [0.1, 0.15) is 25.8 Å². The Balaban J connectivity index is 2.93. The van der Waals surface area contributed by atoms with Crippen molar-refractivity contribution < 1.29 is 9.47 Å². The van der Waals surface area contributed by atoms with Gasteiger partial charge in [-0.1, -0.05) is 6.92 Å². The van der Waals surface area contributed by atoms with E-state index >= 15 is 0 Å². The van der Waals surface area contributed by atoms with Crippen LogP contribution in [-0.2, 0) is 0 Å². The molecule has 0 aliphatic heterocycles. The Morgan fingerprint density at radius 1 is 1.40 bits per heavy atom. The lowest BCUT2D eigenvalue weighted by Gasteiger charge is -2.15. The lowest BCUT2D eigenvalue weighted by molar-refractivity contribution is 0.207. The predicted molar refractivity (Wildman–Crippen MR) is 58.1 cm³/mol. The molecule has 0 spiro atoms. The number of benzene rings is 1. The highest BCUT2D eigenvalue weighted by Gasteiger charge is 2.08. The van der Waals surface area contributed by atoms with Gasteiger partial charge >= 0.3 is 0 Å². The summed E-state index contributed by atoms with van der Waals surface area (Å²) in [7, 11) is 1.57. The Kier molecular flexibility index (Phi) is 3.99. The molecule has 15 heavy (non-hydrogen) atoms. The van der Waals surface area contributed by atoms with Crippen LogP contribution in [0.25, 0.3) is 0 Å². The molecule has 80 valence electrons. The van der Waals surface area contributed by atoms with Gasteiger partial charge in [-0.25, -0.2) is 0 Å². The van der Waals surface area contributed by atoms with Gasteiger partial charge < -0.3 is 9.47 Å². The Morgan fingerprint density at radius 2 is 2.13 bits per heavy atom. The molecule has 1 aromatic carbocycles.